The minimum absolute atomic E-state index is 0.0621. The smallest absolute Gasteiger partial charge is 0.338 e. The zero-order chi connectivity index (χ0) is 14.7. The van der Waals surface area contributed by atoms with Crippen LogP contribution in [-0.2, 0) is 0 Å². The molecule has 0 radical (unpaired) electrons. The van der Waals surface area contributed by atoms with Crippen molar-refractivity contribution in [2.75, 3.05) is 10.6 Å². The quantitative estimate of drug-likeness (QED) is 0.800. The first-order valence-corrected chi connectivity index (χ1v) is 6.88. The summed E-state index contributed by atoms with van der Waals surface area (Å²) >= 11 is 7.10. The van der Waals surface area contributed by atoms with Crippen molar-refractivity contribution < 1.29 is 14.7 Å². The van der Waals surface area contributed by atoms with E-state index >= 15 is 0 Å². The molecule has 2 rings (SSSR count). The second-order valence-corrected chi connectivity index (χ2v) is 5.33. The summed E-state index contributed by atoms with van der Waals surface area (Å²) in [5.74, 6) is -1.08. The molecule has 5 nitrogen and oxygen atoms in total. The Morgan fingerprint density at radius 3 is 2.65 bits per heavy atom. The number of aromatic carboxylic acids is 1. The number of thiophene rings is 1. The summed E-state index contributed by atoms with van der Waals surface area (Å²) in [4.78, 5) is 22.7. The van der Waals surface area contributed by atoms with Crippen LogP contribution in [0.15, 0.2) is 29.6 Å². The summed E-state index contributed by atoms with van der Waals surface area (Å²) in [7, 11) is 0. The minimum Gasteiger partial charge on any atom is -0.478 e. The molecule has 3 N–H and O–H groups in total. The molecule has 0 aliphatic carbocycles. The summed E-state index contributed by atoms with van der Waals surface area (Å²) < 4.78 is 0. The highest BCUT2D eigenvalue weighted by atomic mass is 35.5. The molecule has 1 aromatic carbocycles. The molecular formula is C13H11ClN2O3S. The van der Waals surface area contributed by atoms with Gasteiger partial charge in [0.15, 0.2) is 0 Å². The number of carboxylic acids is 1. The Morgan fingerprint density at radius 1 is 1.25 bits per heavy atom. The summed E-state index contributed by atoms with van der Waals surface area (Å²) in [6, 6.07) is 6.04. The molecule has 0 saturated carbocycles. The lowest BCUT2D eigenvalue weighted by molar-refractivity contribution is 0.0698. The maximum Gasteiger partial charge on any atom is 0.338 e. The van der Waals surface area contributed by atoms with Crippen LogP contribution in [0.2, 0.25) is 5.02 Å². The van der Waals surface area contributed by atoms with Crippen LogP contribution < -0.4 is 10.6 Å². The molecule has 2 aromatic rings. The summed E-state index contributed by atoms with van der Waals surface area (Å²) in [5.41, 5.74) is 1.50. The minimum atomic E-state index is -1.08. The fraction of sp³-hybridized carbons (Fsp3) is 0.0769. The van der Waals surface area contributed by atoms with Gasteiger partial charge >= 0.3 is 12.0 Å². The normalized spacial score (nSPS) is 10.1. The molecule has 1 heterocycles. The van der Waals surface area contributed by atoms with Gasteiger partial charge in [0.2, 0.25) is 0 Å². The van der Waals surface area contributed by atoms with E-state index in [1.54, 1.807) is 23.6 Å². The lowest BCUT2D eigenvalue weighted by Crippen LogP contribution is -2.20. The molecule has 7 heteroatoms. The second kappa shape index (κ2) is 5.94. The number of hydrogen-bond acceptors (Lipinski definition) is 3. The third kappa shape index (κ3) is 3.28. The maximum absolute atomic E-state index is 11.8. The first-order chi connectivity index (χ1) is 9.47. The number of aryl methyl sites for hydroxylation is 1. The van der Waals surface area contributed by atoms with Gasteiger partial charge < -0.3 is 10.4 Å². The predicted molar refractivity (Wildman–Crippen MR) is 80.1 cm³/mol. The number of urea groups is 1. The first kappa shape index (κ1) is 14.4. The van der Waals surface area contributed by atoms with Crippen LogP contribution in [0.3, 0.4) is 0 Å². The first-order valence-electron chi connectivity index (χ1n) is 5.62. The molecule has 1 aromatic heterocycles. The number of hydrogen-bond donors (Lipinski definition) is 3. The van der Waals surface area contributed by atoms with E-state index in [2.05, 4.69) is 10.6 Å². The summed E-state index contributed by atoms with van der Waals surface area (Å²) in [5, 5.41) is 16.5. The topological polar surface area (TPSA) is 78.4 Å². The number of amides is 2. The van der Waals surface area contributed by atoms with Crippen molar-refractivity contribution in [2.24, 2.45) is 0 Å². The van der Waals surface area contributed by atoms with E-state index in [1.165, 1.54) is 6.07 Å². The van der Waals surface area contributed by atoms with Gasteiger partial charge in [-0.3, -0.25) is 5.32 Å². The number of halogens is 1. The van der Waals surface area contributed by atoms with E-state index < -0.39 is 12.0 Å². The molecule has 0 saturated heterocycles. The molecule has 0 bridgehead atoms. The third-order valence-electron chi connectivity index (χ3n) is 2.55. The highest BCUT2D eigenvalue weighted by Gasteiger charge is 2.13. The van der Waals surface area contributed by atoms with Gasteiger partial charge in [-0.1, -0.05) is 17.7 Å². The average Bonchev–Trinajstić information content (AvgIpc) is 2.82. The van der Waals surface area contributed by atoms with Crippen molar-refractivity contribution in [3.8, 4) is 0 Å². The van der Waals surface area contributed by atoms with Crippen LogP contribution in [0.4, 0.5) is 15.5 Å². The molecule has 2 amide bonds. The zero-order valence-corrected chi connectivity index (χ0v) is 12.0. The molecule has 0 aliphatic heterocycles. The van der Waals surface area contributed by atoms with E-state index in [4.69, 9.17) is 16.7 Å². The van der Waals surface area contributed by atoms with E-state index in [0.717, 1.165) is 16.9 Å². The Morgan fingerprint density at radius 2 is 2.00 bits per heavy atom. The van der Waals surface area contributed by atoms with E-state index in [-0.39, 0.29) is 10.6 Å². The zero-order valence-electron chi connectivity index (χ0n) is 10.4. The van der Waals surface area contributed by atoms with Gasteiger partial charge in [-0.2, -0.15) is 0 Å². The molecule has 0 spiro atoms. The molecule has 104 valence electrons. The van der Waals surface area contributed by atoms with Crippen molar-refractivity contribution >= 4 is 45.6 Å². The second-order valence-electron chi connectivity index (χ2n) is 4.01. The summed E-state index contributed by atoms with van der Waals surface area (Å²) in [6.07, 6.45) is 0. The summed E-state index contributed by atoms with van der Waals surface area (Å²) in [6.45, 7) is 1.86. The van der Waals surface area contributed by atoms with Crippen LogP contribution in [0.1, 0.15) is 15.9 Å². The molecule has 20 heavy (non-hydrogen) atoms. The number of carboxylic acid groups (broad SMARTS) is 1. The average molecular weight is 311 g/mol. The Kier molecular flexibility index (Phi) is 4.26. The van der Waals surface area contributed by atoms with Crippen molar-refractivity contribution in [1.29, 1.82) is 0 Å². The lowest BCUT2D eigenvalue weighted by Gasteiger charge is -2.08. The van der Waals surface area contributed by atoms with Crippen LogP contribution in [0.25, 0.3) is 0 Å². The maximum atomic E-state index is 11.8. The number of nitrogens with one attached hydrogen (secondary N) is 2. The fourth-order valence-electron chi connectivity index (χ4n) is 1.51. The SMILES string of the molecule is Cc1ccc(NC(=O)Nc2sccc2C(=O)O)cc1Cl. The number of carbonyl (C=O) groups is 2. The van der Waals surface area contributed by atoms with Gasteiger partial charge in [0.25, 0.3) is 0 Å². The number of rotatable bonds is 3. The number of anilines is 2. The van der Waals surface area contributed by atoms with Gasteiger partial charge in [-0.15, -0.1) is 11.3 Å². The number of carbonyl (C=O) groups excluding carboxylic acids is 1. The molecular weight excluding hydrogens is 300 g/mol. The largest absolute Gasteiger partial charge is 0.478 e. The third-order valence-corrected chi connectivity index (χ3v) is 3.79. The van der Waals surface area contributed by atoms with Crippen molar-refractivity contribution in [3.05, 3.63) is 45.8 Å². The lowest BCUT2D eigenvalue weighted by atomic mass is 10.2. The van der Waals surface area contributed by atoms with Crippen molar-refractivity contribution in [2.45, 2.75) is 6.92 Å². The highest BCUT2D eigenvalue weighted by Crippen LogP contribution is 2.24. The van der Waals surface area contributed by atoms with E-state index in [9.17, 15) is 9.59 Å². The standard InChI is InChI=1S/C13H11ClN2O3S/c1-7-2-3-8(6-10(7)14)15-13(19)16-11-9(12(17)18)4-5-20-11/h2-6H,1H3,(H,17,18)(H2,15,16,19). The van der Waals surface area contributed by atoms with Crippen LogP contribution in [-0.4, -0.2) is 17.1 Å². The monoisotopic (exact) mass is 310 g/mol. The van der Waals surface area contributed by atoms with Crippen LogP contribution in [0.5, 0.6) is 0 Å². The van der Waals surface area contributed by atoms with Gasteiger partial charge in [-0.05, 0) is 36.1 Å². The van der Waals surface area contributed by atoms with Crippen LogP contribution in [0, 0.1) is 6.92 Å². The highest BCUT2D eigenvalue weighted by molar-refractivity contribution is 7.14. The number of benzene rings is 1. The molecule has 0 fully saturated rings. The fourth-order valence-corrected chi connectivity index (χ4v) is 2.47. The van der Waals surface area contributed by atoms with Crippen molar-refractivity contribution in [1.82, 2.24) is 0 Å². The van der Waals surface area contributed by atoms with Gasteiger partial charge in [0, 0.05) is 10.7 Å². The van der Waals surface area contributed by atoms with Gasteiger partial charge in [0.1, 0.15) is 5.00 Å². The molecule has 0 unspecified atom stereocenters. The van der Waals surface area contributed by atoms with Crippen molar-refractivity contribution in [3.63, 3.8) is 0 Å². The predicted octanol–water partition coefficient (Wildman–Crippen LogP) is 4.05. The Balaban J connectivity index is 2.07. The van der Waals surface area contributed by atoms with Crippen LogP contribution >= 0.6 is 22.9 Å². The molecule has 0 aliphatic rings. The van der Waals surface area contributed by atoms with E-state index in [0.29, 0.717) is 10.7 Å². The van der Waals surface area contributed by atoms with E-state index in [1.807, 2.05) is 6.92 Å². The van der Waals surface area contributed by atoms with Gasteiger partial charge in [0.05, 0.1) is 5.56 Å². The van der Waals surface area contributed by atoms with Gasteiger partial charge in [-0.25, -0.2) is 9.59 Å². The Labute approximate surface area is 124 Å². The Bertz CT molecular complexity index is 669. The Hall–Kier alpha value is -2.05. The molecule has 0 atom stereocenters.